The Labute approximate surface area is 204 Å². The van der Waals surface area contributed by atoms with E-state index in [2.05, 4.69) is 4.74 Å². The van der Waals surface area contributed by atoms with Crippen LogP contribution in [0.1, 0.15) is 11.3 Å². The zero-order valence-electron chi connectivity index (χ0n) is 18.7. The standard InChI is InChI=1S/C23H14F4N4O6/c1-30-19(23(25,26)27)10-20(32)31(22(30)34)15-9-18(13(11-29)8-14(15)24)37-17-5-3-2-4-16(17)36-12-21(33)35-7-6-28/h2-5,8-10H,7,12H2,1H3. The van der Waals surface area contributed by atoms with E-state index < -0.39 is 53.8 Å². The highest BCUT2D eigenvalue weighted by atomic mass is 19.4. The maximum atomic E-state index is 14.8. The minimum atomic E-state index is -5.02. The van der Waals surface area contributed by atoms with Gasteiger partial charge in [-0.3, -0.25) is 9.36 Å². The van der Waals surface area contributed by atoms with Crippen LogP contribution in [0.3, 0.4) is 0 Å². The van der Waals surface area contributed by atoms with Crippen LogP contribution in [0.25, 0.3) is 5.69 Å². The van der Waals surface area contributed by atoms with E-state index in [0.29, 0.717) is 6.07 Å². The minimum absolute atomic E-state index is 0.0335. The molecule has 190 valence electrons. The van der Waals surface area contributed by atoms with E-state index in [9.17, 15) is 37.2 Å². The number of hydrogen-bond acceptors (Lipinski definition) is 8. The van der Waals surface area contributed by atoms with E-state index >= 15 is 0 Å². The minimum Gasteiger partial charge on any atom is -0.478 e. The van der Waals surface area contributed by atoms with Gasteiger partial charge in [-0.05, 0) is 18.2 Å². The summed E-state index contributed by atoms with van der Waals surface area (Å²) in [5.74, 6) is -2.62. The first kappa shape index (κ1) is 26.5. The van der Waals surface area contributed by atoms with Crippen molar-refractivity contribution in [2.45, 2.75) is 6.18 Å². The topological polar surface area (TPSA) is 136 Å². The van der Waals surface area contributed by atoms with Crippen LogP contribution in [0, 0.1) is 28.5 Å². The predicted molar refractivity (Wildman–Crippen MR) is 116 cm³/mol. The van der Waals surface area contributed by atoms with Gasteiger partial charge < -0.3 is 14.2 Å². The number of nitrogens with zero attached hydrogens (tertiary/aromatic N) is 4. The molecule has 0 aliphatic rings. The van der Waals surface area contributed by atoms with Crippen molar-refractivity contribution < 1.29 is 36.6 Å². The maximum absolute atomic E-state index is 14.8. The Morgan fingerprint density at radius 3 is 2.35 bits per heavy atom. The highest BCUT2D eigenvalue weighted by Gasteiger charge is 2.35. The van der Waals surface area contributed by atoms with Gasteiger partial charge in [0.1, 0.15) is 29.4 Å². The molecule has 10 nitrogen and oxygen atoms in total. The van der Waals surface area contributed by atoms with Gasteiger partial charge in [0.2, 0.25) is 0 Å². The molecule has 0 bridgehead atoms. The molecule has 0 spiro atoms. The zero-order valence-corrected chi connectivity index (χ0v) is 18.7. The number of aromatic nitrogens is 2. The summed E-state index contributed by atoms with van der Waals surface area (Å²) in [6.07, 6.45) is -5.02. The van der Waals surface area contributed by atoms with Gasteiger partial charge in [0, 0.05) is 19.2 Å². The molecular weight excluding hydrogens is 504 g/mol. The number of carbonyl (C=O) groups excluding carboxylic acids is 1. The predicted octanol–water partition coefficient (Wildman–Crippen LogP) is 2.80. The number of hydrogen-bond donors (Lipinski definition) is 0. The molecule has 3 rings (SSSR count). The SMILES string of the molecule is Cn1c(C(F)(F)F)cc(=O)n(-c2cc(Oc3ccccc3OCC(=O)OCC#N)c(C#N)cc2F)c1=O. The lowest BCUT2D eigenvalue weighted by atomic mass is 10.1. The number of rotatable bonds is 7. The Hall–Kier alpha value is -5.11. The van der Waals surface area contributed by atoms with Crippen molar-refractivity contribution in [3.05, 3.63) is 80.4 Å². The van der Waals surface area contributed by atoms with E-state index in [-0.39, 0.29) is 38.0 Å². The lowest BCUT2D eigenvalue weighted by Gasteiger charge is -2.16. The number of nitriles is 2. The second-order valence-corrected chi connectivity index (χ2v) is 7.11. The monoisotopic (exact) mass is 518 g/mol. The first-order valence-electron chi connectivity index (χ1n) is 10.0. The average molecular weight is 518 g/mol. The van der Waals surface area contributed by atoms with Gasteiger partial charge in [-0.25, -0.2) is 18.5 Å². The van der Waals surface area contributed by atoms with Gasteiger partial charge in [0.05, 0.1) is 11.3 Å². The van der Waals surface area contributed by atoms with Crippen LogP contribution in [0.15, 0.2) is 52.1 Å². The van der Waals surface area contributed by atoms with Crippen molar-refractivity contribution in [3.8, 4) is 35.1 Å². The van der Waals surface area contributed by atoms with Crippen molar-refractivity contribution in [3.63, 3.8) is 0 Å². The average Bonchev–Trinajstić information content (AvgIpc) is 2.85. The number of para-hydroxylation sites is 2. The quantitative estimate of drug-likeness (QED) is 0.344. The van der Waals surface area contributed by atoms with Crippen molar-refractivity contribution >= 4 is 5.97 Å². The van der Waals surface area contributed by atoms with E-state index in [1.807, 2.05) is 0 Å². The molecule has 0 saturated heterocycles. The molecule has 0 fully saturated rings. The third-order valence-electron chi connectivity index (χ3n) is 4.73. The van der Waals surface area contributed by atoms with Gasteiger partial charge in [-0.2, -0.15) is 23.7 Å². The molecular formula is C23H14F4N4O6. The molecule has 3 aromatic rings. The molecule has 0 N–H and O–H groups in total. The highest BCUT2D eigenvalue weighted by Crippen LogP contribution is 2.35. The normalized spacial score (nSPS) is 10.8. The Morgan fingerprint density at radius 1 is 1.05 bits per heavy atom. The summed E-state index contributed by atoms with van der Waals surface area (Å²) in [4.78, 5) is 36.6. The third kappa shape index (κ3) is 5.76. The van der Waals surface area contributed by atoms with Crippen molar-refractivity contribution in [1.82, 2.24) is 9.13 Å². The molecule has 37 heavy (non-hydrogen) atoms. The summed E-state index contributed by atoms with van der Waals surface area (Å²) in [6.45, 7) is -1.11. The zero-order chi connectivity index (χ0) is 27.3. The fourth-order valence-electron chi connectivity index (χ4n) is 3.07. The summed E-state index contributed by atoms with van der Waals surface area (Å²) in [5.41, 5.74) is -5.66. The van der Waals surface area contributed by atoms with Crippen molar-refractivity contribution in [1.29, 1.82) is 10.5 Å². The lowest BCUT2D eigenvalue weighted by Crippen LogP contribution is -2.41. The van der Waals surface area contributed by atoms with Crippen molar-refractivity contribution in [2.24, 2.45) is 7.05 Å². The number of ether oxygens (including phenoxy) is 3. The lowest BCUT2D eigenvalue weighted by molar-refractivity contribution is -0.145. The summed E-state index contributed by atoms with van der Waals surface area (Å²) >= 11 is 0. The molecule has 0 atom stereocenters. The summed E-state index contributed by atoms with van der Waals surface area (Å²) in [7, 11) is 0.759. The number of esters is 1. The number of alkyl halides is 3. The van der Waals surface area contributed by atoms with E-state index in [1.54, 1.807) is 12.1 Å². The Kier molecular flexibility index (Phi) is 7.63. The molecule has 0 aliphatic heterocycles. The van der Waals surface area contributed by atoms with Crippen LogP contribution in [0.5, 0.6) is 17.2 Å². The second kappa shape index (κ2) is 10.7. The molecule has 0 saturated carbocycles. The van der Waals surface area contributed by atoms with Crippen LogP contribution < -0.4 is 20.7 Å². The smallest absolute Gasteiger partial charge is 0.431 e. The Morgan fingerprint density at radius 2 is 1.73 bits per heavy atom. The molecule has 2 aromatic carbocycles. The van der Waals surface area contributed by atoms with Gasteiger partial charge >= 0.3 is 17.8 Å². The summed E-state index contributed by atoms with van der Waals surface area (Å²) in [6, 6.07) is 10.6. The fraction of sp³-hybridized carbons (Fsp3) is 0.174. The van der Waals surface area contributed by atoms with Gasteiger partial charge in [0.15, 0.2) is 24.7 Å². The molecule has 0 amide bonds. The Balaban J connectivity index is 2.06. The first-order chi connectivity index (χ1) is 17.5. The van der Waals surface area contributed by atoms with Crippen LogP contribution in [-0.4, -0.2) is 28.3 Å². The Bertz CT molecular complexity index is 1560. The van der Waals surface area contributed by atoms with Crippen LogP contribution in [-0.2, 0) is 22.8 Å². The largest absolute Gasteiger partial charge is 0.478 e. The molecule has 1 aromatic heterocycles. The molecule has 0 aliphatic carbocycles. The fourth-order valence-corrected chi connectivity index (χ4v) is 3.07. The maximum Gasteiger partial charge on any atom is 0.431 e. The van der Waals surface area contributed by atoms with E-state index in [1.165, 1.54) is 24.3 Å². The van der Waals surface area contributed by atoms with Gasteiger partial charge in [0.25, 0.3) is 5.56 Å². The number of halogens is 4. The van der Waals surface area contributed by atoms with Crippen molar-refractivity contribution in [2.75, 3.05) is 13.2 Å². The van der Waals surface area contributed by atoms with Gasteiger partial charge in [-0.1, -0.05) is 12.1 Å². The van der Waals surface area contributed by atoms with Crippen LogP contribution >= 0.6 is 0 Å². The highest BCUT2D eigenvalue weighted by molar-refractivity contribution is 5.71. The summed E-state index contributed by atoms with van der Waals surface area (Å²) in [5, 5.41) is 17.9. The van der Waals surface area contributed by atoms with E-state index in [0.717, 1.165) is 13.1 Å². The van der Waals surface area contributed by atoms with Crippen LogP contribution in [0.2, 0.25) is 0 Å². The molecule has 0 radical (unpaired) electrons. The molecule has 14 heteroatoms. The number of carbonyl (C=O) groups is 1. The molecule has 1 heterocycles. The van der Waals surface area contributed by atoms with Gasteiger partial charge in [-0.15, -0.1) is 0 Å². The van der Waals surface area contributed by atoms with E-state index in [4.69, 9.17) is 14.7 Å². The first-order valence-corrected chi connectivity index (χ1v) is 10.0. The summed E-state index contributed by atoms with van der Waals surface area (Å²) < 4.78 is 70.0. The second-order valence-electron chi connectivity index (χ2n) is 7.11. The number of benzene rings is 2. The third-order valence-corrected chi connectivity index (χ3v) is 4.73. The van der Waals surface area contributed by atoms with Crippen LogP contribution in [0.4, 0.5) is 17.6 Å². The molecule has 0 unspecified atom stereocenters.